The highest BCUT2D eigenvalue weighted by atomic mass is 16.5. The van der Waals surface area contributed by atoms with E-state index in [4.69, 9.17) is 9.72 Å². The molecule has 4 aromatic rings. The van der Waals surface area contributed by atoms with Crippen LogP contribution in [0.3, 0.4) is 0 Å². The molecule has 0 saturated heterocycles. The topological polar surface area (TPSA) is 25.4 Å². The summed E-state index contributed by atoms with van der Waals surface area (Å²) in [4.78, 5) is 7.01. The SMILES string of the molecule is COc1ccc(N(C)c2c3ccccc3nc3ccccc23)cc1. The van der Waals surface area contributed by atoms with Crippen LogP contribution in [0.15, 0.2) is 72.8 Å². The summed E-state index contributed by atoms with van der Waals surface area (Å²) in [5.41, 5.74) is 4.29. The number of hydrogen-bond acceptors (Lipinski definition) is 3. The molecule has 0 aliphatic rings. The third-order valence-corrected chi connectivity index (χ3v) is 4.35. The van der Waals surface area contributed by atoms with Crippen LogP contribution in [0.4, 0.5) is 11.4 Å². The first-order valence-electron chi connectivity index (χ1n) is 7.93. The summed E-state index contributed by atoms with van der Waals surface area (Å²) < 4.78 is 5.27. The van der Waals surface area contributed by atoms with Gasteiger partial charge in [-0.15, -0.1) is 0 Å². The van der Waals surface area contributed by atoms with E-state index in [0.717, 1.165) is 33.2 Å². The molecule has 24 heavy (non-hydrogen) atoms. The van der Waals surface area contributed by atoms with Crippen LogP contribution in [0.1, 0.15) is 0 Å². The summed E-state index contributed by atoms with van der Waals surface area (Å²) in [5, 5.41) is 2.30. The molecule has 0 spiro atoms. The van der Waals surface area contributed by atoms with E-state index in [-0.39, 0.29) is 0 Å². The minimum Gasteiger partial charge on any atom is -0.497 e. The number of hydrogen-bond donors (Lipinski definition) is 0. The number of para-hydroxylation sites is 2. The molecule has 0 fully saturated rings. The lowest BCUT2D eigenvalue weighted by Crippen LogP contribution is -2.11. The maximum Gasteiger partial charge on any atom is 0.119 e. The molecule has 0 aliphatic carbocycles. The van der Waals surface area contributed by atoms with E-state index in [2.05, 4.69) is 60.5 Å². The van der Waals surface area contributed by atoms with Gasteiger partial charge in [-0.1, -0.05) is 36.4 Å². The molecule has 3 heteroatoms. The first-order valence-corrected chi connectivity index (χ1v) is 7.93. The Bertz CT molecular complexity index is 955. The Morgan fingerprint density at radius 1 is 0.750 bits per heavy atom. The molecule has 0 saturated carbocycles. The van der Waals surface area contributed by atoms with E-state index in [9.17, 15) is 0 Å². The molecule has 0 bridgehead atoms. The fourth-order valence-electron chi connectivity index (χ4n) is 3.11. The third-order valence-electron chi connectivity index (χ3n) is 4.35. The number of nitrogens with zero attached hydrogens (tertiary/aromatic N) is 2. The van der Waals surface area contributed by atoms with Gasteiger partial charge in [0.25, 0.3) is 0 Å². The van der Waals surface area contributed by atoms with Crippen LogP contribution in [-0.2, 0) is 0 Å². The second-order valence-corrected chi connectivity index (χ2v) is 5.75. The second-order valence-electron chi connectivity index (χ2n) is 5.75. The van der Waals surface area contributed by atoms with Crippen molar-refractivity contribution in [1.82, 2.24) is 4.98 Å². The van der Waals surface area contributed by atoms with Gasteiger partial charge in [0.05, 0.1) is 23.8 Å². The van der Waals surface area contributed by atoms with E-state index >= 15 is 0 Å². The maximum atomic E-state index is 5.27. The summed E-state index contributed by atoms with van der Waals surface area (Å²) in [6.45, 7) is 0. The van der Waals surface area contributed by atoms with Gasteiger partial charge in [0, 0.05) is 23.5 Å². The van der Waals surface area contributed by atoms with Crippen molar-refractivity contribution >= 4 is 33.2 Å². The molecule has 3 aromatic carbocycles. The second kappa shape index (κ2) is 5.85. The molecule has 118 valence electrons. The molecule has 4 rings (SSSR count). The minimum atomic E-state index is 0.858. The summed E-state index contributed by atoms with van der Waals surface area (Å²) in [6, 6.07) is 24.7. The molecular formula is C21H18N2O. The van der Waals surface area contributed by atoms with Gasteiger partial charge in [-0.05, 0) is 36.4 Å². The molecule has 1 heterocycles. The monoisotopic (exact) mass is 314 g/mol. The van der Waals surface area contributed by atoms with Crippen LogP contribution in [0.2, 0.25) is 0 Å². The average Bonchev–Trinajstić information content (AvgIpc) is 2.65. The van der Waals surface area contributed by atoms with Crippen LogP contribution >= 0.6 is 0 Å². The highest BCUT2D eigenvalue weighted by molar-refractivity contribution is 6.09. The Morgan fingerprint density at radius 3 is 1.83 bits per heavy atom. The van der Waals surface area contributed by atoms with Gasteiger partial charge < -0.3 is 9.64 Å². The van der Waals surface area contributed by atoms with Gasteiger partial charge in [0.1, 0.15) is 5.75 Å². The number of ether oxygens (including phenoxy) is 1. The Labute approximate surface area is 141 Å². The van der Waals surface area contributed by atoms with Crippen molar-refractivity contribution in [2.24, 2.45) is 0 Å². The van der Waals surface area contributed by atoms with E-state index in [1.54, 1.807) is 7.11 Å². The Hall–Kier alpha value is -3.07. The van der Waals surface area contributed by atoms with Crippen molar-refractivity contribution in [2.75, 3.05) is 19.1 Å². The van der Waals surface area contributed by atoms with Gasteiger partial charge in [-0.25, -0.2) is 4.98 Å². The normalized spacial score (nSPS) is 10.9. The van der Waals surface area contributed by atoms with Gasteiger partial charge in [0.15, 0.2) is 0 Å². The third kappa shape index (κ3) is 2.35. The van der Waals surface area contributed by atoms with Crippen LogP contribution in [0.25, 0.3) is 21.8 Å². The molecule has 0 N–H and O–H groups in total. The zero-order valence-corrected chi connectivity index (χ0v) is 13.7. The first kappa shape index (κ1) is 14.5. The van der Waals surface area contributed by atoms with E-state index < -0.39 is 0 Å². The number of benzene rings is 3. The molecule has 0 radical (unpaired) electrons. The molecule has 3 nitrogen and oxygen atoms in total. The summed E-state index contributed by atoms with van der Waals surface area (Å²) in [5.74, 6) is 0.858. The van der Waals surface area contributed by atoms with Crippen molar-refractivity contribution in [2.45, 2.75) is 0 Å². The number of methoxy groups -OCH3 is 1. The quantitative estimate of drug-likeness (QED) is 0.488. The number of fused-ring (bicyclic) bond motifs is 2. The van der Waals surface area contributed by atoms with Gasteiger partial charge in [0.2, 0.25) is 0 Å². The zero-order chi connectivity index (χ0) is 16.5. The van der Waals surface area contributed by atoms with E-state index in [1.165, 1.54) is 5.69 Å². The predicted molar refractivity (Wildman–Crippen MR) is 100 cm³/mol. The largest absolute Gasteiger partial charge is 0.497 e. The Morgan fingerprint density at radius 2 is 1.29 bits per heavy atom. The average molecular weight is 314 g/mol. The lowest BCUT2D eigenvalue weighted by Gasteiger charge is -2.23. The standard InChI is InChI=1S/C21H18N2O/c1-23(15-11-13-16(24-2)14-12-15)21-17-7-3-5-9-19(17)22-20-10-6-4-8-18(20)21/h3-14H,1-2H3. The minimum absolute atomic E-state index is 0.858. The fraction of sp³-hybridized carbons (Fsp3) is 0.0952. The lowest BCUT2D eigenvalue weighted by molar-refractivity contribution is 0.415. The number of aromatic nitrogens is 1. The molecule has 0 amide bonds. The van der Waals surface area contributed by atoms with E-state index in [0.29, 0.717) is 0 Å². The number of rotatable bonds is 3. The molecular weight excluding hydrogens is 296 g/mol. The maximum absolute atomic E-state index is 5.27. The van der Waals surface area contributed by atoms with Crippen molar-refractivity contribution in [3.05, 3.63) is 72.8 Å². The predicted octanol–water partition coefficient (Wildman–Crippen LogP) is 5.16. The van der Waals surface area contributed by atoms with Crippen LogP contribution in [0, 0.1) is 0 Å². The highest BCUT2D eigenvalue weighted by Gasteiger charge is 2.13. The number of anilines is 2. The summed E-state index contributed by atoms with van der Waals surface area (Å²) >= 11 is 0. The molecule has 0 atom stereocenters. The van der Waals surface area contributed by atoms with Gasteiger partial charge in [-0.2, -0.15) is 0 Å². The Kier molecular flexibility index (Phi) is 3.54. The molecule has 1 aromatic heterocycles. The lowest BCUT2D eigenvalue weighted by atomic mass is 10.1. The van der Waals surface area contributed by atoms with Crippen LogP contribution in [-0.4, -0.2) is 19.1 Å². The van der Waals surface area contributed by atoms with Crippen molar-refractivity contribution in [1.29, 1.82) is 0 Å². The first-order chi connectivity index (χ1) is 11.8. The van der Waals surface area contributed by atoms with Crippen LogP contribution < -0.4 is 9.64 Å². The smallest absolute Gasteiger partial charge is 0.119 e. The summed E-state index contributed by atoms with van der Waals surface area (Å²) in [6.07, 6.45) is 0. The van der Waals surface area contributed by atoms with Crippen molar-refractivity contribution in [3.63, 3.8) is 0 Å². The van der Waals surface area contributed by atoms with Crippen LogP contribution in [0.5, 0.6) is 5.75 Å². The fourth-order valence-corrected chi connectivity index (χ4v) is 3.11. The molecule has 0 aliphatic heterocycles. The zero-order valence-electron chi connectivity index (χ0n) is 13.7. The van der Waals surface area contributed by atoms with E-state index in [1.807, 2.05) is 24.3 Å². The van der Waals surface area contributed by atoms with Gasteiger partial charge >= 0.3 is 0 Å². The van der Waals surface area contributed by atoms with Gasteiger partial charge in [-0.3, -0.25) is 0 Å². The Balaban J connectivity index is 1.98. The summed E-state index contributed by atoms with van der Waals surface area (Å²) in [7, 11) is 3.78. The van der Waals surface area contributed by atoms with Crippen molar-refractivity contribution in [3.8, 4) is 5.75 Å². The molecule has 0 unspecified atom stereocenters. The highest BCUT2D eigenvalue weighted by Crippen LogP contribution is 2.37. The number of pyridine rings is 1. The van der Waals surface area contributed by atoms with Crippen molar-refractivity contribution < 1.29 is 4.74 Å².